The zero-order chi connectivity index (χ0) is 23.9. The molecule has 0 saturated carbocycles. The minimum Gasteiger partial charge on any atom is -0.362 e. The van der Waals surface area contributed by atoms with Gasteiger partial charge in [0, 0.05) is 44.6 Å². The average Bonchev–Trinajstić information content (AvgIpc) is 3.38. The summed E-state index contributed by atoms with van der Waals surface area (Å²) in [6, 6.07) is 13.9. The number of anilines is 1. The van der Waals surface area contributed by atoms with Crippen LogP contribution in [0.3, 0.4) is 0 Å². The van der Waals surface area contributed by atoms with E-state index in [-0.39, 0.29) is 11.8 Å². The van der Waals surface area contributed by atoms with Gasteiger partial charge in [0.25, 0.3) is 0 Å². The van der Waals surface area contributed by atoms with E-state index < -0.39 is 5.60 Å². The van der Waals surface area contributed by atoms with E-state index in [4.69, 9.17) is 4.74 Å². The third kappa shape index (κ3) is 3.77. The van der Waals surface area contributed by atoms with Gasteiger partial charge in [0.1, 0.15) is 9.21 Å². The maximum atomic E-state index is 12.9. The van der Waals surface area contributed by atoms with Crippen LogP contribution in [0.25, 0.3) is 0 Å². The maximum Gasteiger partial charge on any atom is 0.227 e. The summed E-state index contributed by atoms with van der Waals surface area (Å²) in [6.07, 6.45) is 7.27. The second-order valence-corrected chi connectivity index (χ2v) is 9.74. The van der Waals surface area contributed by atoms with Crippen molar-refractivity contribution in [1.82, 2.24) is 19.9 Å². The maximum absolute atomic E-state index is 12.9. The van der Waals surface area contributed by atoms with Gasteiger partial charge in [-0.25, -0.2) is 15.0 Å². The van der Waals surface area contributed by atoms with Crippen LogP contribution >= 0.6 is 31.9 Å². The van der Waals surface area contributed by atoms with Crippen LogP contribution in [0.1, 0.15) is 40.3 Å². The molecular formula is C25H21Br2N5O2. The fraction of sp³-hybridized carbons (Fsp3) is 0.200. The molecule has 0 fully saturated rings. The number of nitrogens with zero attached hydrogens (tertiary/aromatic N) is 4. The molecule has 4 heterocycles. The summed E-state index contributed by atoms with van der Waals surface area (Å²) in [4.78, 5) is 30.6. The van der Waals surface area contributed by atoms with Crippen molar-refractivity contribution in [3.8, 4) is 0 Å². The highest BCUT2D eigenvalue weighted by Gasteiger charge is 2.40. The Kier molecular flexibility index (Phi) is 6.09. The van der Waals surface area contributed by atoms with Gasteiger partial charge < -0.3 is 14.6 Å². The van der Waals surface area contributed by atoms with Gasteiger partial charge in [0.05, 0.1) is 18.2 Å². The molecule has 1 aliphatic rings. The molecule has 0 radical (unpaired) electrons. The molecule has 2 atom stereocenters. The fourth-order valence-electron chi connectivity index (χ4n) is 4.74. The number of imidazole rings is 1. The molecule has 7 nitrogen and oxygen atoms in total. The van der Waals surface area contributed by atoms with Gasteiger partial charge >= 0.3 is 0 Å². The standard InChI is InChI=1S/C25H21Br2N5O2/c1-32-20-4-3-16(10-19(20)18(12-24(32)33)15-5-7-29-22(26)9-15)25(34-2,21-13-28-14-31-21)17-6-8-30-23(27)11-17/h3-11,13-14,18H,12H2,1-2H3,(H,28,31). The van der Waals surface area contributed by atoms with Gasteiger partial charge in [-0.1, -0.05) is 6.07 Å². The van der Waals surface area contributed by atoms with Gasteiger partial charge in [-0.2, -0.15) is 0 Å². The van der Waals surface area contributed by atoms with E-state index in [1.54, 1.807) is 36.9 Å². The van der Waals surface area contributed by atoms with Crippen LogP contribution in [-0.2, 0) is 15.1 Å². The molecule has 1 aromatic carbocycles. The number of amides is 1. The molecule has 2 unspecified atom stereocenters. The zero-order valence-electron chi connectivity index (χ0n) is 18.5. The smallest absolute Gasteiger partial charge is 0.227 e. The number of pyridine rings is 2. The number of methoxy groups -OCH3 is 1. The van der Waals surface area contributed by atoms with Crippen molar-refractivity contribution in [2.24, 2.45) is 0 Å². The Balaban J connectivity index is 1.75. The summed E-state index contributed by atoms with van der Waals surface area (Å²) in [5.74, 6) is -0.0405. The number of hydrogen-bond donors (Lipinski definition) is 1. The van der Waals surface area contributed by atoms with Crippen molar-refractivity contribution < 1.29 is 9.53 Å². The Morgan fingerprint density at radius 1 is 1.06 bits per heavy atom. The van der Waals surface area contributed by atoms with E-state index in [0.717, 1.165) is 38.2 Å². The lowest BCUT2D eigenvalue weighted by Gasteiger charge is -2.36. The average molecular weight is 583 g/mol. The first kappa shape index (κ1) is 22.9. The Hall–Kier alpha value is -2.88. The second kappa shape index (κ2) is 9.05. The van der Waals surface area contributed by atoms with Crippen molar-refractivity contribution >= 4 is 43.5 Å². The highest BCUT2D eigenvalue weighted by molar-refractivity contribution is 9.10. The number of H-pyrrole nitrogens is 1. The first-order valence-electron chi connectivity index (χ1n) is 10.6. The highest BCUT2D eigenvalue weighted by atomic mass is 79.9. The molecule has 3 aromatic heterocycles. The van der Waals surface area contributed by atoms with Gasteiger partial charge in [-0.15, -0.1) is 0 Å². The summed E-state index contributed by atoms with van der Waals surface area (Å²) in [5, 5.41) is 0. The van der Waals surface area contributed by atoms with Crippen molar-refractivity contribution in [3.05, 3.63) is 105 Å². The predicted molar refractivity (Wildman–Crippen MR) is 136 cm³/mol. The number of benzene rings is 1. The Morgan fingerprint density at radius 3 is 2.47 bits per heavy atom. The van der Waals surface area contributed by atoms with Crippen LogP contribution in [0.15, 0.2) is 76.6 Å². The number of aromatic amines is 1. The summed E-state index contributed by atoms with van der Waals surface area (Å²) in [7, 11) is 3.50. The number of nitrogens with one attached hydrogen (secondary N) is 1. The number of carbonyl (C=O) groups is 1. The molecule has 1 N–H and O–H groups in total. The molecule has 5 rings (SSSR count). The number of rotatable bonds is 5. The van der Waals surface area contributed by atoms with Crippen molar-refractivity contribution in [2.45, 2.75) is 17.9 Å². The lowest BCUT2D eigenvalue weighted by Crippen LogP contribution is -2.35. The molecule has 1 aliphatic heterocycles. The van der Waals surface area contributed by atoms with E-state index in [2.05, 4.69) is 57.9 Å². The number of carbonyl (C=O) groups excluding carboxylic acids is 1. The van der Waals surface area contributed by atoms with Crippen molar-refractivity contribution in [3.63, 3.8) is 0 Å². The third-order valence-corrected chi connectivity index (χ3v) is 7.26. The molecule has 0 aliphatic carbocycles. The van der Waals surface area contributed by atoms with E-state index in [1.807, 2.05) is 43.4 Å². The molecule has 172 valence electrons. The van der Waals surface area contributed by atoms with Gasteiger partial charge in [0.15, 0.2) is 5.60 Å². The second-order valence-electron chi connectivity index (χ2n) is 8.11. The summed E-state index contributed by atoms with van der Waals surface area (Å²) >= 11 is 6.96. The quantitative estimate of drug-likeness (QED) is 0.329. The molecule has 4 aromatic rings. The topological polar surface area (TPSA) is 84.0 Å². The van der Waals surface area contributed by atoms with Crippen LogP contribution in [-0.4, -0.2) is 40.0 Å². The molecule has 0 spiro atoms. The molecule has 34 heavy (non-hydrogen) atoms. The highest BCUT2D eigenvalue weighted by Crippen LogP contribution is 2.45. The van der Waals surface area contributed by atoms with Crippen molar-refractivity contribution in [2.75, 3.05) is 19.1 Å². The summed E-state index contributed by atoms with van der Waals surface area (Å²) in [5.41, 5.74) is 4.59. The molecule has 9 heteroatoms. The number of fused-ring (bicyclic) bond motifs is 1. The van der Waals surface area contributed by atoms with Gasteiger partial charge in [-0.3, -0.25) is 4.79 Å². The van der Waals surface area contributed by atoms with Crippen LogP contribution in [0.4, 0.5) is 5.69 Å². The van der Waals surface area contributed by atoms with Crippen LogP contribution < -0.4 is 4.90 Å². The monoisotopic (exact) mass is 581 g/mol. The van der Waals surface area contributed by atoms with E-state index in [9.17, 15) is 4.79 Å². The Labute approximate surface area is 213 Å². The normalized spacial score (nSPS) is 17.4. The largest absolute Gasteiger partial charge is 0.362 e. The number of ether oxygens (including phenoxy) is 1. The Morgan fingerprint density at radius 2 is 1.79 bits per heavy atom. The van der Waals surface area contributed by atoms with E-state index >= 15 is 0 Å². The van der Waals surface area contributed by atoms with Crippen LogP contribution in [0.5, 0.6) is 0 Å². The SMILES string of the molecule is COC(c1ccnc(Br)c1)(c1ccc2c(c1)C(c1ccnc(Br)c1)CC(=O)N2C)c1cnc[nH]1. The number of aromatic nitrogens is 4. The lowest BCUT2D eigenvalue weighted by molar-refractivity contribution is -0.118. The van der Waals surface area contributed by atoms with Crippen LogP contribution in [0, 0.1) is 0 Å². The summed E-state index contributed by atoms with van der Waals surface area (Å²) in [6.45, 7) is 0. The predicted octanol–water partition coefficient (Wildman–Crippen LogP) is 5.16. The molecule has 0 bridgehead atoms. The minimum absolute atomic E-state index is 0.0721. The van der Waals surface area contributed by atoms with Gasteiger partial charge in [-0.05, 0) is 90.5 Å². The summed E-state index contributed by atoms with van der Waals surface area (Å²) < 4.78 is 7.73. The first-order valence-corrected chi connectivity index (χ1v) is 12.2. The Bertz CT molecular complexity index is 1360. The van der Waals surface area contributed by atoms with E-state index in [0.29, 0.717) is 11.0 Å². The van der Waals surface area contributed by atoms with Crippen LogP contribution in [0.2, 0.25) is 0 Å². The first-order chi connectivity index (χ1) is 16.4. The number of halogens is 2. The van der Waals surface area contributed by atoms with Crippen molar-refractivity contribution in [1.29, 1.82) is 0 Å². The molecule has 1 amide bonds. The fourth-order valence-corrected chi connectivity index (χ4v) is 5.49. The molecule has 0 saturated heterocycles. The number of hydrogen-bond acceptors (Lipinski definition) is 5. The van der Waals surface area contributed by atoms with Gasteiger partial charge in [0.2, 0.25) is 5.91 Å². The van der Waals surface area contributed by atoms with E-state index in [1.165, 1.54) is 0 Å². The lowest BCUT2D eigenvalue weighted by atomic mass is 9.78. The minimum atomic E-state index is -0.958. The molecular weight excluding hydrogens is 562 g/mol. The third-order valence-electron chi connectivity index (χ3n) is 6.39. The zero-order valence-corrected chi connectivity index (χ0v) is 21.7.